The molecule has 1 aliphatic carbocycles. The van der Waals surface area contributed by atoms with Gasteiger partial charge in [0.15, 0.2) is 6.10 Å². The number of carbonyl (C=O) groups excluding carboxylic acids is 5. The van der Waals surface area contributed by atoms with Crippen LogP contribution in [0.15, 0.2) is 35.7 Å². The number of nitrogens with zero attached hydrogens (tertiary/aromatic N) is 3. The number of aromatic nitrogens is 1. The highest BCUT2D eigenvalue weighted by Gasteiger charge is 2.39. The molecule has 4 rings (SSSR count). The lowest BCUT2D eigenvalue weighted by molar-refractivity contribution is -0.149. The average Bonchev–Trinajstić information content (AvgIpc) is 3.66. The maximum atomic E-state index is 14.5. The van der Waals surface area contributed by atoms with Gasteiger partial charge in [0.05, 0.1) is 19.1 Å². The number of thiazole rings is 1. The highest BCUT2D eigenvalue weighted by molar-refractivity contribution is 7.09. The normalized spacial score (nSPS) is 19.5. The first-order chi connectivity index (χ1) is 25.8. The Morgan fingerprint density at radius 2 is 1.65 bits per heavy atom. The third-order valence-electron chi connectivity index (χ3n) is 11.1. The molecule has 2 heterocycles. The molecule has 1 aliphatic heterocycles. The molecule has 12 nitrogen and oxygen atoms in total. The van der Waals surface area contributed by atoms with Crippen LogP contribution in [-0.4, -0.2) is 96.4 Å². The van der Waals surface area contributed by atoms with Crippen LogP contribution in [0.3, 0.4) is 0 Å². The molecule has 6 atom stereocenters. The zero-order valence-electron chi connectivity index (χ0n) is 33.2. The maximum Gasteiger partial charge on any atom is 0.308 e. The number of likely N-dealkylation sites (tertiary alicyclic amines) is 1. The fraction of sp³-hybridized carbons (Fsp3) is 0.659. The third kappa shape index (κ3) is 12.1. The molecule has 13 heteroatoms. The largest absolute Gasteiger partial charge is 0.469 e. The van der Waals surface area contributed by atoms with E-state index in [0.717, 1.165) is 63.5 Å². The van der Waals surface area contributed by atoms with Crippen LogP contribution in [0.5, 0.6) is 0 Å². The van der Waals surface area contributed by atoms with E-state index in [-0.39, 0.29) is 59.9 Å². The van der Waals surface area contributed by atoms with Gasteiger partial charge in [0.2, 0.25) is 11.8 Å². The molecule has 2 aliphatic rings. The summed E-state index contributed by atoms with van der Waals surface area (Å²) in [5.74, 6) is -1.90. The maximum absolute atomic E-state index is 14.5. The Morgan fingerprint density at radius 3 is 2.28 bits per heavy atom. The highest BCUT2D eigenvalue weighted by atomic mass is 32.1. The second-order valence-corrected chi connectivity index (χ2v) is 16.5. The molecular formula is C41H61N5O7S. The summed E-state index contributed by atoms with van der Waals surface area (Å²) in [6.07, 6.45) is 8.09. The van der Waals surface area contributed by atoms with Gasteiger partial charge < -0.3 is 25.0 Å². The Kier molecular flexibility index (Phi) is 16.5. The number of amides is 3. The van der Waals surface area contributed by atoms with Crippen molar-refractivity contribution >= 4 is 41.0 Å². The molecule has 0 radical (unpaired) electrons. The van der Waals surface area contributed by atoms with E-state index in [1.807, 2.05) is 51.2 Å². The zero-order chi connectivity index (χ0) is 39.4. The molecule has 3 amide bonds. The first kappa shape index (κ1) is 42.9. The van der Waals surface area contributed by atoms with Crippen molar-refractivity contribution in [2.45, 2.75) is 129 Å². The summed E-state index contributed by atoms with van der Waals surface area (Å²) in [6, 6.07) is 8.09. The number of rotatable bonds is 17. The van der Waals surface area contributed by atoms with Crippen molar-refractivity contribution < 1.29 is 33.4 Å². The fourth-order valence-electron chi connectivity index (χ4n) is 8.00. The Hall–Kier alpha value is -3.84. The van der Waals surface area contributed by atoms with Gasteiger partial charge in [0.25, 0.3) is 5.91 Å². The summed E-state index contributed by atoms with van der Waals surface area (Å²) >= 11 is 1.22. The van der Waals surface area contributed by atoms with Gasteiger partial charge in [-0.25, -0.2) is 4.98 Å². The van der Waals surface area contributed by atoms with Crippen LogP contribution in [-0.2, 0) is 35.1 Å². The second kappa shape index (κ2) is 20.7. The van der Waals surface area contributed by atoms with E-state index < -0.39 is 29.9 Å². The molecule has 0 bridgehead atoms. The SMILES string of the molecule is COC(=O)[C@@H](C)C[C@H](Cc1ccccc1)NC(=O)c1csc([C@@H](C[C@H](C(C)C)N(C)C(=O)[C@@H](NC(=O)[C@H]2CCCCN2C)C2CCCCC2)OC(C)=O)n1. The number of nitrogens with one attached hydrogen (secondary N) is 2. The van der Waals surface area contributed by atoms with Crippen LogP contribution in [0.2, 0.25) is 0 Å². The Morgan fingerprint density at radius 1 is 0.963 bits per heavy atom. The molecule has 54 heavy (non-hydrogen) atoms. The number of hydrogen-bond donors (Lipinski definition) is 2. The van der Waals surface area contributed by atoms with E-state index in [1.54, 1.807) is 24.3 Å². The van der Waals surface area contributed by atoms with Gasteiger partial charge in [-0.1, -0.05) is 76.8 Å². The molecule has 1 saturated carbocycles. The smallest absolute Gasteiger partial charge is 0.308 e. The van der Waals surface area contributed by atoms with Crippen molar-refractivity contribution in [3.8, 4) is 0 Å². The highest BCUT2D eigenvalue weighted by Crippen LogP contribution is 2.33. The minimum Gasteiger partial charge on any atom is -0.469 e. The number of ether oxygens (including phenoxy) is 2. The predicted molar refractivity (Wildman–Crippen MR) is 209 cm³/mol. The van der Waals surface area contributed by atoms with E-state index in [1.165, 1.54) is 25.4 Å². The lowest BCUT2D eigenvalue weighted by atomic mass is 9.82. The van der Waals surface area contributed by atoms with Gasteiger partial charge in [-0.05, 0) is 69.5 Å². The van der Waals surface area contributed by atoms with Crippen LogP contribution in [0, 0.1) is 17.8 Å². The molecule has 1 aromatic heterocycles. The Labute approximate surface area is 325 Å². The van der Waals surface area contributed by atoms with Gasteiger partial charge in [0.1, 0.15) is 16.7 Å². The van der Waals surface area contributed by atoms with Crippen LogP contribution in [0.1, 0.15) is 119 Å². The van der Waals surface area contributed by atoms with E-state index in [4.69, 9.17) is 9.47 Å². The number of carbonyl (C=O) groups is 5. The van der Waals surface area contributed by atoms with Gasteiger partial charge in [-0.3, -0.25) is 28.9 Å². The molecule has 2 fully saturated rings. The average molecular weight is 768 g/mol. The number of methoxy groups -OCH3 is 1. The van der Waals surface area contributed by atoms with Crippen LogP contribution < -0.4 is 10.6 Å². The van der Waals surface area contributed by atoms with Gasteiger partial charge in [-0.2, -0.15) is 0 Å². The first-order valence-electron chi connectivity index (χ1n) is 19.6. The summed E-state index contributed by atoms with van der Waals surface area (Å²) in [4.78, 5) is 74.9. The third-order valence-corrected chi connectivity index (χ3v) is 12.0. The summed E-state index contributed by atoms with van der Waals surface area (Å²) in [5.41, 5.74) is 1.19. The fourth-order valence-corrected chi connectivity index (χ4v) is 8.84. The van der Waals surface area contributed by atoms with Crippen molar-refractivity contribution in [3.05, 3.63) is 52.0 Å². The first-order valence-corrected chi connectivity index (χ1v) is 20.5. The quantitative estimate of drug-likeness (QED) is 0.193. The Bertz CT molecular complexity index is 1550. The summed E-state index contributed by atoms with van der Waals surface area (Å²) in [7, 11) is 5.09. The lowest BCUT2D eigenvalue weighted by Crippen LogP contribution is -2.58. The van der Waals surface area contributed by atoms with Crippen molar-refractivity contribution in [1.82, 2.24) is 25.4 Å². The zero-order valence-corrected chi connectivity index (χ0v) is 34.0. The van der Waals surface area contributed by atoms with E-state index in [9.17, 15) is 24.0 Å². The van der Waals surface area contributed by atoms with Crippen LogP contribution in [0.25, 0.3) is 0 Å². The molecular weight excluding hydrogens is 707 g/mol. The monoisotopic (exact) mass is 767 g/mol. The molecule has 298 valence electrons. The molecule has 2 N–H and O–H groups in total. The van der Waals surface area contributed by atoms with Crippen molar-refractivity contribution in [2.75, 3.05) is 27.7 Å². The van der Waals surface area contributed by atoms with Gasteiger partial charge in [0, 0.05) is 37.9 Å². The molecule has 1 saturated heterocycles. The van der Waals surface area contributed by atoms with E-state index in [2.05, 4.69) is 20.5 Å². The second-order valence-electron chi connectivity index (χ2n) is 15.6. The standard InChI is InChI=1S/C41H61N5O7S/c1-26(2)34(46(6)40(50)36(30-18-12-9-13-19-30)44-38(49)33-20-14-15-21-45(33)5)24-35(53-28(4)47)39-43-32(25-54-39)37(48)42-31(22-27(3)41(51)52-7)23-29-16-10-8-11-17-29/h8,10-11,16-17,25-27,30-31,33-36H,9,12-15,18-24H2,1-7H3,(H,42,48)(H,44,49)/t27-,31+,33+,34+,35+,36-/m0/s1. The number of hydrogen-bond acceptors (Lipinski definition) is 10. The number of esters is 2. The van der Waals surface area contributed by atoms with Crippen molar-refractivity contribution in [2.24, 2.45) is 17.8 Å². The van der Waals surface area contributed by atoms with Gasteiger partial charge >= 0.3 is 11.9 Å². The summed E-state index contributed by atoms with van der Waals surface area (Å²) in [5, 5.41) is 8.36. The topological polar surface area (TPSA) is 147 Å². The molecule has 1 aromatic carbocycles. The summed E-state index contributed by atoms with van der Waals surface area (Å²) < 4.78 is 10.8. The number of piperidine rings is 1. The van der Waals surface area contributed by atoms with Crippen molar-refractivity contribution in [1.29, 1.82) is 0 Å². The predicted octanol–water partition coefficient (Wildman–Crippen LogP) is 5.71. The van der Waals surface area contributed by atoms with E-state index in [0.29, 0.717) is 17.8 Å². The van der Waals surface area contributed by atoms with E-state index >= 15 is 0 Å². The summed E-state index contributed by atoms with van der Waals surface area (Å²) in [6.45, 7) is 8.01. The molecule has 0 spiro atoms. The van der Waals surface area contributed by atoms with Crippen molar-refractivity contribution in [3.63, 3.8) is 0 Å². The number of likely N-dealkylation sites (N-methyl/N-ethyl adjacent to an activating group) is 2. The molecule has 0 unspecified atom stereocenters. The van der Waals surface area contributed by atoms with Gasteiger partial charge in [-0.15, -0.1) is 11.3 Å². The lowest BCUT2D eigenvalue weighted by Gasteiger charge is -2.39. The number of benzene rings is 1. The minimum atomic E-state index is -0.810. The Balaban J connectivity index is 1.53. The molecule has 2 aromatic rings. The van der Waals surface area contributed by atoms with Crippen LogP contribution >= 0.6 is 11.3 Å². The van der Waals surface area contributed by atoms with Crippen LogP contribution in [0.4, 0.5) is 0 Å². The minimum absolute atomic E-state index is 0.0255.